The van der Waals surface area contributed by atoms with Crippen LogP contribution in [0.2, 0.25) is 0 Å². The molecule has 1 atom stereocenters. The van der Waals surface area contributed by atoms with Crippen molar-refractivity contribution in [3.8, 4) is 0 Å². The molecule has 0 aromatic heterocycles. The smallest absolute Gasteiger partial charge is 0.0665 e. The molecule has 116 valence electrons. The van der Waals surface area contributed by atoms with Crippen LogP contribution in [0.25, 0.3) is 0 Å². The number of hydrogen-bond donors (Lipinski definition) is 1. The summed E-state index contributed by atoms with van der Waals surface area (Å²) in [4.78, 5) is 2.46. The summed E-state index contributed by atoms with van der Waals surface area (Å²) in [5.41, 5.74) is 11.8. The maximum Gasteiger partial charge on any atom is 0.0665 e. The fourth-order valence-electron chi connectivity index (χ4n) is 3.34. The topological polar surface area (TPSA) is 29.3 Å². The van der Waals surface area contributed by atoms with E-state index in [9.17, 15) is 0 Å². The molecule has 2 N–H and O–H groups in total. The van der Waals surface area contributed by atoms with Gasteiger partial charge in [0.1, 0.15) is 0 Å². The van der Waals surface area contributed by atoms with Gasteiger partial charge in [-0.3, -0.25) is 0 Å². The van der Waals surface area contributed by atoms with Crippen LogP contribution in [0.5, 0.6) is 0 Å². The molecule has 2 aromatic carbocycles. The van der Waals surface area contributed by atoms with Crippen LogP contribution in [0.15, 0.2) is 48.5 Å². The number of rotatable bonds is 3. The zero-order chi connectivity index (χ0) is 15.7. The number of hydrogen-bond acceptors (Lipinski definition) is 2. The zero-order valence-corrected chi connectivity index (χ0v) is 13.8. The van der Waals surface area contributed by atoms with E-state index in [2.05, 4.69) is 74.2 Å². The van der Waals surface area contributed by atoms with Crippen LogP contribution in [-0.4, -0.2) is 13.1 Å². The van der Waals surface area contributed by atoms with Crippen LogP contribution in [-0.2, 0) is 11.8 Å². The predicted octanol–water partition coefficient (Wildman–Crippen LogP) is 4.05. The Morgan fingerprint density at radius 3 is 2.36 bits per heavy atom. The first kappa shape index (κ1) is 15.1. The van der Waals surface area contributed by atoms with Gasteiger partial charge >= 0.3 is 0 Å². The summed E-state index contributed by atoms with van der Waals surface area (Å²) in [5.74, 6) is 0. The molecule has 0 bridgehead atoms. The minimum Gasteiger partial charge on any atom is -0.363 e. The Kier molecular flexibility index (Phi) is 3.96. The summed E-state index contributed by atoms with van der Waals surface area (Å²) >= 11 is 0. The number of nitrogens with two attached hydrogens (primary N) is 1. The standard InChI is InChI=1S/C20H26N2/c1-20(2,3)17-10-8-16(9-11-17)19(14-21)22-13-12-15-6-4-5-7-18(15)22/h4-11,19H,12-14,21H2,1-3H3. The Labute approximate surface area is 134 Å². The fraction of sp³-hybridized carbons (Fsp3) is 0.400. The molecule has 2 heteroatoms. The van der Waals surface area contributed by atoms with Crippen molar-refractivity contribution in [3.05, 3.63) is 65.2 Å². The number of fused-ring (bicyclic) bond motifs is 1. The molecule has 0 saturated heterocycles. The van der Waals surface area contributed by atoms with Crippen molar-refractivity contribution >= 4 is 5.69 Å². The molecule has 0 aliphatic carbocycles. The van der Waals surface area contributed by atoms with Gasteiger partial charge in [-0.2, -0.15) is 0 Å². The predicted molar refractivity (Wildman–Crippen MR) is 94.4 cm³/mol. The summed E-state index contributed by atoms with van der Waals surface area (Å²) in [6.45, 7) is 8.45. The highest BCUT2D eigenvalue weighted by Gasteiger charge is 2.26. The van der Waals surface area contributed by atoms with E-state index in [4.69, 9.17) is 5.73 Å². The highest BCUT2D eigenvalue weighted by atomic mass is 15.2. The lowest BCUT2D eigenvalue weighted by Gasteiger charge is -2.30. The molecule has 0 fully saturated rings. The van der Waals surface area contributed by atoms with E-state index in [-0.39, 0.29) is 11.5 Å². The molecule has 2 aromatic rings. The Bertz CT molecular complexity index is 638. The minimum absolute atomic E-state index is 0.191. The molecule has 3 rings (SSSR count). The largest absolute Gasteiger partial charge is 0.363 e. The molecule has 0 amide bonds. The summed E-state index contributed by atoms with van der Waals surface area (Å²) in [6.07, 6.45) is 1.12. The molecule has 2 nitrogen and oxygen atoms in total. The first-order chi connectivity index (χ1) is 10.5. The fourth-order valence-corrected chi connectivity index (χ4v) is 3.34. The average Bonchev–Trinajstić information content (AvgIpc) is 2.92. The highest BCUT2D eigenvalue weighted by Crippen LogP contribution is 2.35. The lowest BCUT2D eigenvalue weighted by molar-refractivity contribution is 0.588. The van der Waals surface area contributed by atoms with Crippen molar-refractivity contribution in [1.82, 2.24) is 0 Å². The van der Waals surface area contributed by atoms with Crippen LogP contribution in [0.1, 0.15) is 43.5 Å². The van der Waals surface area contributed by atoms with E-state index < -0.39 is 0 Å². The van der Waals surface area contributed by atoms with Gasteiger partial charge in [0.2, 0.25) is 0 Å². The van der Waals surface area contributed by atoms with Gasteiger partial charge in [-0.25, -0.2) is 0 Å². The van der Waals surface area contributed by atoms with Crippen LogP contribution >= 0.6 is 0 Å². The molecule has 0 saturated carbocycles. The van der Waals surface area contributed by atoms with Crippen molar-refractivity contribution in [2.24, 2.45) is 5.73 Å². The van der Waals surface area contributed by atoms with E-state index in [0.29, 0.717) is 6.54 Å². The van der Waals surface area contributed by atoms with Gasteiger partial charge < -0.3 is 10.6 Å². The minimum atomic E-state index is 0.191. The Hall–Kier alpha value is -1.80. The molecular weight excluding hydrogens is 268 g/mol. The van der Waals surface area contributed by atoms with Crippen molar-refractivity contribution in [2.45, 2.75) is 38.6 Å². The molecule has 1 aliphatic heterocycles. The van der Waals surface area contributed by atoms with Crippen LogP contribution in [0.3, 0.4) is 0 Å². The second-order valence-corrected chi connectivity index (χ2v) is 7.20. The van der Waals surface area contributed by atoms with Crippen molar-refractivity contribution in [2.75, 3.05) is 18.0 Å². The highest BCUT2D eigenvalue weighted by molar-refractivity contribution is 5.59. The van der Waals surface area contributed by atoms with Gasteiger partial charge in [-0.1, -0.05) is 63.2 Å². The van der Waals surface area contributed by atoms with E-state index in [1.165, 1.54) is 22.4 Å². The Balaban J connectivity index is 1.89. The Morgan fingerprint density at radius 2 is 1.73 bits per heavy atom. The van der Waals surface area contributed by atoms with Crippen molar-refractivity contribution in [3.63, 3.8) is 0 Å². The lowest BCUT2D eigenvalue weighted by Crippen LogP contribution is -2.32. The van der Waals surface area contributed by atoms with Gasteiger partial charge in [0.05, 0.1) is 6.04 Å². The average molecular weight is 294 g/mol. The molecule has 22 heavy (non-hydrogen) atoms. The van der Waals surface area contributed by atoms with Crippen molar-refractivity contribution in [1.29, 1.82) is 0 Å². The SMILES string of the molecule is CC(C)(C)c1ccc(C(CN)N2CCc3ccccc32)cc1. The molecule has 1 heterocycles. The van der Waals surface area contributed by atoms with Gasteiger partial charge in [0.25, 0.3) is 0 Å². The van der Waals surface area contributed by atoms with Crippen LogP contribution in [0, 0.1) is 0 Å². The number of nitrogens with zero attached hydrogens (tertiary/aromatic N) is 1. The summed E-state index contributed by atoms with van der Waals surface area (Å²) in [6, 6.07) is 17.9. The quantitative estimate of drug-likeness (QED) is 0.925. The van der Waals surface area contributed by atoms with E-state index in [0.717, 1.165) is 13.0 Å². The van der Waals surface area contributed by atoms with Crippen molar-refractivity contribution < 1.29 is 0 Å². The third kappa shape index (κ3) is 2.76. The van der Waals surface area contributed by atoms with Gasteiger partial charge in [-0.15, -0.1) is 0 Å². The van der Waals surface area contributed by atoms with E-state index in [1.54, 1.807) is 0 Å². The Morgan fingerprint density at radius 1 is 1.05 bits per heavy atom. The molecule has 0 radical (unpaired) electrons. The monoisotopic (exact) mass is 294 g/mol. The van der Waals surface area contributed by atoms with Gasteiger partial charge in [-0.05, 0) is 34.6 Å². The number of benzene rings is 2. The van der Waals surface area contributed by atoms with Crippen LogP contribution in [0.4, 0.5) is 5.69 Å². The lowest BCUT2D eigenvalue weighted by atomic mass is 9.86. The third-order valence-corrected chi connectivity index (χ3v) is 4.68. The summed E-state index contributed by atoms with van der Waals surface area (Å²) in [5, 5.41) is 0. The molecule has 0 spiro atoms. The first-order valence-electron chi connectivity index (χ1n) is 8.16. The number of para-hydroxylation sites is 1. The summed E-state index contributed by atoms with van der Waals surface area (Å²) < 4.78 is 0. The maximum absolute atomic E-state index is 6.12. The van der Waals surface area contributed by atoms with Crippen LogP contribution < -0.4 is 10.6 Å². The number of anilines is 1. The zero-order valence-electron chi connectivity index (χ0n) is 13.8. The first-order valence-corrected chi connectivity index (χ1v) is 8.16. The third-order valence-electron chi connectivity index (χ3n) is 4.68. The van der Waals surface area contributed by atoms with Gasteiger partial charge in [0.15, 0.2) is 0 Å². The molecule has 1 aliphatic rings. The normalized spacial score (nSPS) is 15.7. The second kappa shape index (κ2) is 5.77. The molecular formula is C20H26N2. The summed E-state index contributed by atoms with van der Waals surface area (Å²) in [7, 11) is 0. The van der Waals surface area contributed by atoms with E-state index >= 15 is 0 Å². The maximum atomic E-state index is 6.12. The van der Waals surface area contributed by atoms with E-state index in [1.807, 2.05) is 0 Å². The molecule has 1 unspecified atom stereocenters. The van der Waals surface area contributed by atoms with Gasteiger partial charge in [0, 0.05) is 18.8 Å². The second-order valence-electron chi connectivity index (χ2n) is 7.20.